The lowest BCUT2D eigenvalue weighted by Gasteiger charge is -2.30. The summed E-state index contributed by atoms with van der Waals surface area (Å²) in [6, 6.07) is 8.44. The molecule has 3 N–H and O–H groups in total. The predicted molar refractivity (Wildman–Crippen MR) is 117 cm³/mol. The van der Waals surface area contributed by atoms with Gasteiger partial charge in [-0.1, -0.05) is 25.0 Å². The summed E-state index contributed by atoms with van der Waals surface area (Å²) >= 11 is 0. The summed E-state index contributed by atoms with van der Waals surface area (Å²) in [6.07, 6.45) is 6.32. The summed E-state index contributed by atoms with van der Waals surface area (Å²) in [7, 11) is 3.50. The second-order valence-corrected chi connectivity index (χ2v) is 7.62. The highest BCUT2D eigenvalue weighted by Gasteiger charge is 2.33. The highest BCUT2D eigenvalue weighted by Crippen LogP contribution is 2.40. The second-order valence-electron chi connectivity index (χ2n) is 7.62. The number of hydrogen-bond donors (Lipinski definition) is 3. The fourth-order valence-electron chi connectivity index (χ4n) is 3.77. The predicted octanol–water partition coefficient (Wildman–Crippen LogP) is 3.40. The maximum absolute atomic E-state index is 5.34. The molecule has 1 saturated carbocycles. The largest absolute Gasteiger partial charge is 0.385 e. The van der Waals surface area contributed by atoms with Gasteiger partial charge in [0.2, 0.25) is 0 Å². The van der Waals surface area contributed by atoms with Gasteiger partial charge in [-0.2, -0.15) is 0 Å². The summed E-state index contributed by atoms with van der Waals surface area (Å²) in [5.41, 5.74) is 2.66. The lowest BCUT2D eigenvalue weighted by atomic mass is 9.83. The van der Waals surface area contributed by atoms with Crippen molar-refractivity contribution in [3.63, 3.8) is 0 Å². The molecular weight excluding hydrogens is 352 g/mol. The third-order valence-corrected chi connectivity index (χ3v) is 5.48. The maximum atomic E-state index is 5.34. The quantitative estimate of drug-likeness (QED) is 0.290. The van der Waals surface area contributed by atoms with Crippen molar-refractivity contribution in [2.45, 2.75) is 45.6 Å². The van der Waals surface area contributed by atoms with E-state index in [1.807, 2.05) is 0 Å². The van der Waals surface area contributed by atoms with Gasteiger partial charge >= 0.3 is 0 Å². The van der Waals surface area contributed by atoms with E-state index in [0.717, 1.165) is 44.3 Å². The SMILES string of the molecule is CCNC(=NCc1ccc(NCCOC)cc1)NCC1(CCOC)CCCC1. The number of rotatable bonds is 12. The van der Waals surface area contributed by atoms with Crippen LogP contribution in [0.2, 0.25) is 0 Å². The molecule has 0 unspecified atom stereocenters. The van der Waals surface area contributed by atoms with E-state index in [2.05, 4.69) is 47.1 Å². The van der Waals surface area contributed by atoms with Gasteiger partial charge in [-0.05, 0) is 49.3 Å². The van der Waals surface area contributed by atoms with Crippen LogP contribution in [0.1, 0.15) is 44.6 Å². The Bertz CT molecular complexity index is 568. The van der Waals surface area contributed by atoms with E-state index >= 15 is 0 Å². The van der Waals surface area contributed by atoms with Gasteiger partial charge in [-0.25, -0.2) is 4.99 Å². The minimum atomic E-state index is 0.349. The first kappa shape index (κ1) is 22.5. The lowest BCUT2D eigenvalue weighted by molar-refractivity contribution is 0.138. The fraction of sp³-hybridized carbons (Fsp3) is 0.682. The first-order valence-corrected chi connectivity index (χ1v) is 10.5. The Morgan fingerprint density at radius 3 is 2.39 bits per heavy atom. The lowest BCUT2D eigenvalue weighted by Crippen LogP contribution is -2.43. The van der Waals surface area contributed by atoms with Crippen molar-refractivity contribution in [3.05, 3.63) is 29.8 Å². The molecule has 6 nitrogen and oxygen atoms in total. The molecule has 1 fully saturated rings. The van der Waals surface area contributed by atoms with Crippen LogP contribution < -0.4 is 16.0 Å². The summed E-state index contributed by atoms with van der Waals surface area (Å²) in [4.78, 5) is 4.78. The molecule has 1 aliphatic carbocycles. The molecule has 6 heteroatoms. The Kier molecular flexibility index (Phi) is 10.1. The van der Waals surface area contributed by atoms with Gasteiger partial charge in [0.15, 0.2) is 5.96 Å². The van der Waals surface area contributed by atoms with Gasteiger partial charge in [0.05, 0.1) is 13.2 Å². The normalized spacial score (nSPS) is 16.2. The van der Waals surface area contributed by atoms with E-state index in [4.69, 9.17) is 14.5 Å². The molecule has 28 heavy (non-hydrogen) atoms. The van der Waals surface area contributed by atoms with Crippen LogP contribution in [0, 0.1) is 5.41 Å². The van der Waals surface area contributed by atoms with Crippen LogP contribution in [-0.2, 0) is 16.0 Å². The standard InChI is InChI=1S/C22H38N4O2/c1-4-23-21(26-18-22(13-15-27-2)11-5-6-12-22)25-17-19-7-9-20(10-8-19)24-14-16-28-3/h7-10,24H,4-6,11-18H2,1-3H3,(H2,23,25,26). The van der Waals surface area contributed by atoms with Crippen LogP contribution in [0.15, 0.2) is 29.3 Å². The van der Waals surface area contributed by atoms with Gasteiger partial charge in [0, 0.05) is 46.1 Å². The molecule has 158 valence electrons. The summed E-state index contributed by atoms with van der Waals surface area (Å²) < 4.78 is 10.4. The Morgan fingerprint density at radius 1 is 1.04 bits per heavy atom. The topological polar surface area (TPSA) is 66.9 Å². The van der Waals surface area contributed by atoms with E-state index in [-0.39, 0.29) is 0 Å². The van der Waals surface area contributed by atoms with E-state index in [1.54, 1.807) is 14.2 Å². The van der Waals surface area contributed by atoms with Crippen LogP contribution in [0.3, 0.4) is 0 Å². The van der Waals surface area contributed by atoms with Gasteiger partial charge in [0.25, 0.3) is 0 Å². The molecule has 1 aromatic rings. The summed E-state index contributed by atoms with van der Waals surface area (Å²) in [5.74, 6) is 0.897. The minimum absolute atomic E-state index is 0.349. The smallest absolute Gasteiger partial charge is 0.191 e. The van der Waals surface area contributed by atoms with E-state index in [1.165, 1.54) is 31.2 Å². The molecule has 0 bridgehead atoms. The first-order chi connectivity index (χ1) is 13.7. The molecule has 0 spiro atoms. The van der Waals surface area contributed by atoms with Gasteiger partial charge in [0.1, 0.15) is 0 Å². The number of methoxy groups -OCH3 is 2. The zero-order chi connectivity index (χ0) is 20.1. The Labute approximate surface area is 170 Å². The fourth-order valence-corrected chi connectivity index (χ4v) is 3.77. The third-order valence-electron chi connectivity index (χ3n) is 5.48. The number of guanidine groups is 1. The van der Waals surface area contributed by atoms with Gasteiger partial charge < -0.3 is 25.4 Å². The molecule has 1 aromatic carbocycles. The van der Waals surface area contributed by atoms with Crippen molar-refractivity contribution < 1.29 is 9.47 Å². The van der Waals surface area contributed by atoms with E-state index < -0.39 is 0 Å². The molecule has 0 atom stereocenters. The zero-order valence-corrected chi connectivity index (χ0v) is 17.9. The number of ether oxygens (including phenoxy) is 2. The van der Waals surface area contributed by atoms with Crippen molar-refractivity contribution in [1.29, 1.82) is 0 Å². The number of hydrogen-bond acceptors (Lipinski definition) is 4. The van der Waals surface area contributed by atoms with Crippen LogP contribution in [-0.4, -0.2) is 53.0 Å². The van der Waals surface area contributed by atoms with Gasteiger partial charge in [-0.15, -0.1) is 0 Å². The molecule has 0 heterocycles. The molecule has 0 radical (unpaired) electrons. The Balaban J connectivity index is 1.88. The van der Waals surface area contributed by atoms with Crippen LogP contribution >= 0.6 is 0 Å². The number of nitrogens with one attached hydrogen (secondary N) is 3. The number of benzene rings is 1. The van der Waals surface area contributed by atoms with Crippen molar-refractivity contribution in [3.8, 4) is 0 Å². The van der Waals surface area contributed by atoms with E-state index in [9.17, 15) is 0 Å². The Hall–Kier alpha value is -1.79. The molecular formula is C22H38N4O2. The minimum Gasteiger partial charge on any atom is -0.385 e. The monoisotopic (exact) mass is 390 g/mol. The van der Waals surface area contributed by atoms with E-state index in [0.29, 0.717) is 18.6 Å². The highest BCUT2D eigenvalue weighted by molar-refractivity contribution is 5.79. The first-order valence-electron chi connectivity index (χ1n) is 10.5. The number of nitrogens with zero attached hydrogens (tertiary/aromatic N) is 1. The van der Waals surface area contributed by atoms with Crippen LogP contribution in [0.5, 0.6) is 0 Å². The molecule has 0 saturated heterocycles. The van der Waals surface area contributed by atoms with Gasteiger partial charge in [-0.3, -0.25) is 0 Å². The third kappa shape index (κ3) is 7.68. The average Bonchev–Trinajstić information content (AvgIpc) is 3.19. The van der Waals surface area contributed by atoms with Crippen molar-refractivity contribution in [1.82, 2.24) is 10.6 Å². The molecule has 0 aliphatic heterocycles. The zero-order valence-electron chi connectivity index (χ0n) is 17.9. The average molecular weight is 391 g/mol. The number of aliphatic imine (C=N–C) groups is 1. The molecule has 2 rings (SSSR count). The molecule has 0 amide bonds. The van der Waals surface area contributed by atoms with Crippen molar-refractivity contribution in [2.24, 2.45) is 10.4 Å². The molecule has 1 aliphatic rings. The highest BCUT2D eigenvalue weighted by atomic mass is 16.5. The Morgan fingerprint density at radius 2 is 1.75 bits per heavy atom. The second kappa shape index (κ2) is 12.6. The van der Waals surface area contributed by atoms with Crippen LogP contribution in [0.4, 0.5) is 5.69 Å². The maximum Gasteiger partial charge on any atom is 0.191 e. The van der Waals surface area contributed by atoms with Crippen LogP contribution in [0.25, 0.3) is 0 Å². The van der Waals surface area contributed by atoms with Crippen molar-refractivity contribution >= 4 is 11.6 Å². The summed E-state index contributed by atoms with van der Waals surface area (Å²) in [6.45, 7) is 6.94. The summed E-state index contributed by atoms with van der Waals surface area (Å²) in [5, 5.41) is 10.3. The number of anilines is 1. The van der Waals surface area contributed by atoms with Crippen molar-refractivity contribution in [2.75, 3.05) is 52.4 Å². The molecule has 0 aromatic heterocycles.